The monoisotopic (exact) mass is 278 g/mol. The number of hydrogen-bond acceptors (Lipinski definition) is 2. The summed E-state index contributed by atoms with van der Waals surface area (Å²) in [5, 5.41) is 6.34. The number of nitrogens with one attached hydrogen (secondary N) is 2. The molecule has 20 heavy (non-hydrogen) atoms. The number of piperidine rings is 1. The summed E-state index contributed by atoms with van der Waals surface area (Å²) in [5.41, 5.74) is 0.533. The molecule has 4 heteroatoms. The van der Waals surface area contributed by atoms with Gasteiger partial charge in [0.2, 0.25) is 5.91 Å². The molecule has 0 aliphatic carbocycles. The zero-order valence-corrected chi connectivity index (χ0v) is 12.2. The SMILES string of the molecule is CCC1(C(=O)N[C@@H](C)c2cccc(F)c2)CCNCC1. The second kappa shape index (κ2) is 6.35. The molecule has 0 spiro atoms. The number of amides is 1. The van der Waals surface area contributed by atoms with Crippen molar-refractivity contribution < 1.29 is 9.18 Å². The second-order valence-corrected chi connectivity index (χ2v) is 5.63. The van der Waals surface area contributed by atoms with Crippen molar-refractivity contribution in [1.82, 2.24) is 10.6 Å². The van der Waals surface area contributed by atoms with Gasteiger partial charge in [-0.15, -0.1) is 0 Å². The predicted octanol–water partition coefficient (Wildman–Crippen LogP) is 2.78. The van der Waals surface area contributed by atoms with Crippen LogP contribution in [0.2, 0.25) is 0 Å². The maximum Gasteiger partial charge on any atom is 0.226 e. The molecule has 1 atom stereocenters. The van der Waals surface area contributed by atoms with E-state index >= 15 is 0 Å². The van der Waals surface area contributed by atoms with Crippen LogP contribution in [0.5, 0.6) is 0 Å². The number of carbonyl (C=O) groups excluding carboxylic acids is 1. The minimum Gasteiger partial charge on any atom is -0.349 e. The van der Waals surface area contributed by atoms with E-state index in [1.54, 1.807) is 6.07 Å². The molecule has 0 aromatic heterocycles. The highest BCUT2D eigenvalue weighted by atomic mass is 19.1. The fraction of sp³-hybridized carbons (Fsp3) is 0.562. The van der Waals surface area contributed by atoms with Gasteiger partial charge in [0.1, 0.15) is 5.82 Å². The molecule has 1 saturated heterocycles. The van der Waals surface area contributed by atoms with Gasteiger partial charge in [-0.2, -0.15) is 0 Å². The van der Waals surface area contributed by atoms with E-state index in [0.717, 1.165) is 37.9 Å². The van der Waals surface area contributed by atoms with Gasteiger partial charge < -0.3 is 10.6 Å². The molecular weight excluding hydrogens is 255 g/mol. The second-order valence-electron chi connectivity index (χ2n) is 5.63. The van der Waals surface area contributed by atoms with Gasteiger partial charge in [0.25, 0.3) is 0 Å². The molecule has 0 bridgehead atoms. The number of halogens is 1. The third-order valence-electron chi connectivity index (χ3n) is 4.42. The smallest absolute Gasteiger partial charge is 0.226 e. The van der Waals surface area contributed by atoms with Crippen molar-refractivity contribution >= 4 is 5.91 Å². The van der Waals surface area contributed by atoms with Gasteiger partial charge in [-0.05, 0) is 57.0 Å². The average Bonchev–Trinajstić information content (AvgIpc) is 2.47. The van der Waals surface area contributed by atoms with Crippen molar-refractivity contribution in [3.05, 3.63) is 35.6 Å². The Kier molecular flexibility index (Phi) is 4.76. The molecule has 2 rings (SSSR count). The molecule has 1 heterocycles. The van der Waals surface area contributed by atoms with Crippen LogP contribution in [0.15, 0.2) is 24.3 Å². The van der Waals surface area contributed by atoms with Crippen LogP contribution in [0, 0.1) is 11.2 Å². The maximum atomic E-state index is 13.2. The summed E-state index contributed by atoms with van der Waals surface area (Å²) in [6.45, 7) is 5.74. The first-order valence-electron chi connectivity index (χ1n) is 7.34. The van der Waals surface area contributed by atoms with Gasteiger partial charge in [0.05, 0.1) is 11.5 Å². The van der Waals surface area contributed by atoms with E-state index in [2.05, 4.69) is 17.6 Å². The summed E-state index contributed by atoms with van der Waals surface area (Å²) >= 11 is 0. The number of carbonyl (C=O) groups is 1. The highest BCUT2D eigenvalue weighted by Gasteiger charge is 2.38. The van der Waals surface area contributed by atoms with E-state index in [1.807, 2.05) is 13.0 Å². The van der Waals surface area contributed by atoms with Crippen LogP contribution in [0.4, 0.5) is 4.39 Å². The molecule has 1 fully saturated rings. The number of benzene rings is 1. The predicted molar refractivity (Wildman–Crippen MR) is 77.8 cm³/mol. The molecule has 110 valence electrons. The van der Waals surface area contributed by atoms with Crippen LogP contribution in [0.25, 0.3) is 0 Å². The normalized spacial score (nSPS) is 19.4. The third kappa shape index (κ3) is 3.18. The lowest BCUT2D eigenvalue weighted by atomic mass is 9.75. The Morgan fingerprint density at radius 2 is 2.15 bits per heavy atom. The van der Waals surface area contributed by atoms with Crippen molar-refractivity contribution in [1.29, 1.82) is 0 Å². The summed E-state index contributed by atoms with van der Waals surface area (Å²) in [5.74, 6) is -0.172. The Labute approximate surface area is 120 Å². The van der Waals surface area contributed by atoms with E-state index in [9.17, 15) is 9.18 Å². The molecule has 1 aromatic carbocycles. The first-order valence-corrected chi connectivity index (χ1v) is 7.34. The third-order valence-corrected chi connectivity index (χ3v) is 4.42. The van der Waals surface area contributed by atoms with E-state index in [-0.39, 0.29) is 23.2 Å². The molecule has 1 aliphatic rings. The molecule has 2 N–H and O–H groups in total. The zero-order chi connectivity index (χ0) is 14.6. The van der Waals surface area contributed by atoms with E-state index in [1.165, 1.54) is 12.1 Å². The highest BCUT2D eigenvalue weighted by Crippen LogP contribution is 2.33. The minimum atomic E-state index is -0.271. The Morgan fingerprint density at radius 1 is 1.45 bits per heavy atom. The van der Waals surface area contributed by atoms with Crippen molar-refractivity contribution in [2.45, 2.75) is 39.2 Å². The Morgan fingerprint density at radius 3 is 2.75 bits per heavy atom. The Balaban J connectivity index is 2.06. The molecular formula is C16H23FN2O. The van der Waals surface area contributed by atoms with Gasteiger partial charge in [-0.3, -0.25) is 4.79 Å². The van der Waals surface area contributed by atoms with E-state index in [4.69, 9.17) is 0 Å². The fourth-order valence-electron chi connectivity index (χ4n) is 2.86. The molecule has 0 unspecified atom stereocenters. The lowest BCUT2D eigenvalue weighted by Gasteiger charge is -2.36. The van der Waals surface area contributed by atoms with Gasteiger partial charge in [-0.25, -0.2) is 4.39 Å². The Bertz CT molecular complexity index is 469. The van der Waals surface area contributed by atoms with Gasteiger partial charge in [0.15, 0.2) is 0 Å². The largest absolute Gasteiger partial charge is 0.349 e. The number of hydrogen-bond donors (Lipinski definition) is 2. The van der Waals surface area contributed by atoms with Gasteiger partial charge >= 0.3 is 0 Å². The van der Waals surface area contributed by atoms with Crippen LogP contribution in [0.1, 0.15) is 44.7 Å². The molecule has 3 nitrogen and oxygen atoms in total. The van der Waals surface area contributed by atoms with Crippen molar-refractivity contribution in [3.8, 4) is 0 Å². The Hall–Kier alpha value is -1.42. The quantitative estimate of drug-likeness (QED) is 0.889. The van der Waals surface area contributed by atoms with Crippen LogP contribution in [0.3, 0.4) is 0 Å². The molecule has 1 aromatic rings. The fourth-order valence-corrected chi connectivity index (χ4v) is 2.86. The molecule has 0 radical (unpaired) electrons. The van der Waals surface area contributed by atoms with Crippen molar-refractivity contribution in [2.24, 2.45) is 5.41 Å². The van der Waals surface area contributed by atoms with Crippen LogP contribution < -0.4 is 10.6 Å². The standard InChI is InChI=1S/C16H23FN2O/c1-3-16(7-9-18-10-8-16)15(20)19-12(2)13-5-4-6-14(17)11-13/h4-6,11-12,18H,3,7-10H2,1-2H3,(H,19,20)/t12-/m0/s1. The van der Waals surface area contributed by atoms with Crippen LogP contribution in [-0.2, 0) is 4.79 Å². The lowest BCUT2D eigenvalue weighted by molar-refractivity contribution is -0.133. The molecule has 1 amide bonds. The molecule has 1 aliphatic heterocycles. The first kappa shape index (κ1) is 15.0. The van der Waals surface area contributed by atoms with Crippen molar-refractivity contribution in [2.75, 3.05) is 13.1 Å². The van der Waals surface area contributed by atoms with Crippen LogP contribution in [-0.4, -0.2) is 19.0 Å². The summed E-state index contributed by atoms with van der Waals surface area (Å²) < 4.78 is 13.2. The van der Waals surface area contributed by atoms with Crippen LogP contribution >= 0.6 is 0 Å². The summed E-state index contributed by atoms with van der Waals surface area (Å²) in [7, 11) is 0. The van der Waals surface area contributed by atoms with Gasteiger partial charge in [-0.1, -0.05) is 19.1 Å². The zero-order valence-electron chi connectivity index (χ0n) is 12.2. The topological polar surface area (TPSA) is 41.1 Å². The first-order chi connectivity index (χ1) is 9.57. The van der Waals surface area contributed by atoms with Crippen molar-refractivity contribution in [3.63, 3.8) is 0 Å². The number of rotatable bonds is 4. The average molecular weight is 278 g/mol. The minimum absolute atomic E-state index is 0.0956. The van der Waals surface area contributed by atoms with E-state index in [0.29, 0.717) is 0 Å². The summed E-state index contributed by atoms with van der Waals surface area (Å²) in [4.78, 5) is 12.6. The highest BCUT2D eigenvalue weighted by molar-refractivity contribution is 5.83. The lowest BCUT2D eigenvalue weighted by Crippen LogP contribution is -2.47. The summed E-state index contributed by atoms with van der Waals surface area (Å²) in [6, 6.07) is 6.24. The maximum absolute atomic E-state index is 13.2. The molecule has 0 saturated carbocycles. The van der Waals surface area contributed by atoms with E-state index < -0.39 is 0 Å². The summed E-state index contributed by atoms with van der Waals surface area (Å²) in [6.07, 6.45) is 2.58. The van der Waals surface area contributed by atoms with Gasteiger partial charge in [0, 0.05) is 0 Å².